The summed E-state index contributed by atoms with van der Waals surface area (Å²) in [5.41, 5.74) is 0.361. The number of aromatic nitrogens is 2. The number of nitrogens with zero attached hydrogens (tertiary/aromatic N) is 3. The number of anilines is 1. The minimum absolute atomic E-state index is 0.224. The predicted octanol–water partition coefficient (Wildman–Crippen LogP) is 2.26. The van der Waals surface area contributed by atoms with Gasteiger partial charge < -0.3 is 10.2 Å². The zero-order valence-electron chi connectivity index (χ0n) is 12.8. The van der Waals surface area contributed by atoms with Crippen molar-refractivity contribution in [3.8, 4) is 0 Å². The van der Waals surface area contributed by atoms with E-state index in [9.17, 15) is 9.18 Å². The first-order valence-corrected chi connectivity index (χ1v) is 7.78. The molecule has 2 aromatic rings. The van der Waals surface area contributed by atoms with Crippen molar-refractivity contribution >= 4 is 11.9 Å². The first-order valence-electron chi connectivity index (χ1n) is 7.78. The summed E-state index contributed by atoms with van der Waals surface area (Å²) in [6.45, 7) is 2.37. The third-order valence-electron chi connectivity index (χ3n) is 4.09. The van der Waals surface area contributed by atoms with Crippen LogP contribution < -0.4 is 10.2 Å². The smallest absolute Gasteiger partial charge is 0.251 e. The summed E-state index contributed by atoms with van der Waals surface area (Å²) >= 11 is 0. The molecule has 0 unspecified atom stereocenters. The standard InChI is InChI=1S/C17H19FN4O/c18-15-4-1-3-14(11-15)16(23)21-12-13-5-9-22(10-6-13)17-19-7-2-8-20-17/h1-4,7-8,11,13H,5-6,9-10,12H2,(H,21,23). The van der Waals surface area contributed by atoms with Crippen molar-refractivity contribution in [2.24, 2.45) is 5.92 Å². The predicted molar refractivity (Wildman–Crippen MR) is 85.7 cm³/mol. The Morgan fingerprint density at radius 3 is 2.65 bits per heavy atom. The van der Waals surface area contributed by atoms with Crippen LogP contribution in [0.1, 0.15) is 23.2 Å². The minimum atomic E-state index is -0.395. The Morgan fingerprint density at radius 1 is 1.22 bits per heavy atom. The highest BCUT2D eigenvalue weighted by Crippen LogP contribution is 2.19. The molecule has 1 saturated heterocycles. The Labute approximate surface area is 134 Å². The van der Waals surface area contributed by atoms with Crippen molar-refractivity contribution in [2.75, 3.05) is 24.5 Å². The molecule has 1 aliphatic rings. The van der Waals surface area contributed by atoms with Crippen LogP contribution in [0.15, 0.2) is 42.7 Å². The van der Waals surface area contributed by atoms with Gasteiger partial charge in [-0.25, -0.2) is 14.4 Å². The Hall–Kier alpha value is -2.50. The average molecular weight is 314 g/mol. The van der Waals surface area contributed by atoms with Crippen LogP contribution in [-0.4, -0.2) is 35.5 Å². The number of hydrogen-bond acceptors (Lipinski definition) is 4. The van der Waals surface area contributed by atoms with E-state index >= 15 is 0 Å². The number of rotatable bonds is 4. The Kier molecular flexibility index (Phi) is 4.80. The highest BCUT2D eigenvalue weighted by Gasteiger charge is 2.21. The normalized spacial score (nSPS) is 15.4. The average Bonchev–Trinajstić information content (AvgIpc) is 2.61. The number of halogens is 1. The van der Waals surface area contributed by atoms with Gasteiger partial charge in [0.25, 0.3) is 5.91 Å². The first kappa shape index (κ1) is 15.4. The van der Waals surface area contributed by atoms with Gasteiger partial charge >= 0.3 is 0 Å². The lowest BCUT2D eigenvalue weighted by atomic mass is 9.97. The maximum atomic E-state index is 13.1. The van der Waals surface area contributed by atoms with Crippen molar-refractivity contribution in [1.82, 2.24) is 15.3 Å². The molecule has 0 bridgehead atoms. The molecule has 6 heteroatoms. The number of nitrogens with one attached hydrogen (secondary N) is 1. The summed E-state index contributed by atoms with van der Waals surface area (Å²) in [6.07, 6.45) is 5.44. The second-order valence-corrected chi connectivity index (χ2v) is 5.70. The van der Waals surface area contributed by atoms with Gasteiger partial charge in [-0.1, -0.05) is 6.07 Å². The van der Waals surface area contributed by atoms with E-state index in [1.165, 1.54) is 12.1 Å². The fourth-order valence-electron chi connectivity index (χ4n) is 2.76. The summed E-state index contributed by atoms with van der Waals surface area (Å²) in [7, 11) is 0. The van der Waals surface area contributed by atoms with Crippen LogP contribution in [0.25, 0.3) is 0 Å². The summed E-state index contributed by atoms with van der Waals surface area (Å²) in [5.74, 6) is 0.564. The second-order valence-electron chi connectivity index (χ2n) is 5.70. The van der Waals surface area contributed by atoms with E-state index in [1.54, 1.807) is 30.6 Å². The van der Waals surface area contributed by atoms with Crippen molar-refractivity contribution in [2.45, 2.75) is 12.8 Å². The van der Waals surface area contributed by atoms with Crippen molar-refractivity contribution in [3.63, 3.8) is 0 Å². The Balaban J connectivity index is 1.47. The van der Waals surface area contributed by atoms with Crippen molar-refractivity contribution in [3.05, 3.63) is 54.1 Å². The van der Waals surface area contributed by atoms with E-state index in [4.69, 9.17) is 0 Å². The molecule has 3 rings (SSSR count). The first-order chi connectivity index (χ1) is 11.2. The third kappa shape index (κ3) is 4.03. The van der Waals surface area contributed by atoms with Crippen LogP contribution >= 0.6 is 0 Å². The summed E-state index contributed by atoms with van der Waals surface area (Å²) in [6, 6.07) is 7.55. The number of amides is 1. The van der Waals surface area contributed by atoms with Gasteiger partial charge in [0.1, 0.15) is 5.82 Å². The quantitative estimate of drug-likeness (QED) is 0.940. The number of carbonyl (C=O) groups excluding carboxylic acids is 1. The molecule has 0 atom stereocenters. The minimum Gasteiger partial charge on any atom is -0.352 e. The van der Waals surface area contributed by atoms with Gasteiger partial charge in [-0.15, -0.1) is 0 Å². The van der Waals surface area contributed by atoms with Gasteiger partial charge in [-0.3, -0.25) is 4.79 Å². The van der Waals surface area contributed by atoms with Crippen molar-refractivity contribution < 1.29 is 9.18 Å². The zero-order chi connectivity index (χ0) is 16.1. The maximum Gasteiger partial charge on any atom is 0.251 e. The highest BCUT2D eigenvalue weighted by molar-refractivity contribution is 5.94. The zero-order valence-corrected chi connectivity index (χ0v) is 12.8. The van der Waals surface area contributed by atoms with Gasteiger partial charge in [0.15, 0.2) is 0 Å². The molecule has 0 saturated carbocycles. The van der Waals surface area contributed by atoms with Crippen molar-refractivity contribution in [1.29, 1.82) is 0 Å². The molecule has 2 heterocycles. The summed E-state index contributed by atoms with van der Waals surface area (Å²) < 4.78 is 13.1. The summed E-state index contributed by atoms with van der Waals surface area (Å²) in [5, 5.41) is 2.90. The van der Waals surface area contributed by atoms with E-state index in [0.29, 0.717) is 18.0 Å². The lowest BCUT2D eigenvalue weighted by Crippen LogP contribution is -2.39. The largest absolute Gasteiger partial charge is 0.352 e. The molecule has 1 amide bonds. The van der Waals surface area contributed by atoms with E-state index in [1.807, 2.05) is 0 Å². The summed E-state index contributed by atoms with van der Waals surface area (Å²) in [4.78, 5) is 22.7. The van der Waals surface area contributed by atoms with Crippen LogP contribution in [0.2, 0.25) is 0 Å². The van der Waals surface area contributed by atoms with E-state index in [2.05, 4.69) is 20.2 Å². The number of benzene rings is 1. The van der Waals surface area contributed by atoms with Gasteiger partial charge in [0.05, 0.1) is 0 Å². The SMILES string of the molecule is O=C(NCC1CCN(c2ncccn2)CC1)c1cccc(F)c1. The fourth-order valence-corrected chi connectivity index (χ4v) is 2.76. The molecule has 0 radical (unpaired) electrons. The molecule has 0 aliphatic carbocycles. The Morgan fingerprint density at radius 2 is 1.96 bits per heavy atom. The molecule has 1 aromatic heterocycles. The molecule has 0 spiro atoms. The van der Waals surface area contributed by atoms with Crippen LogP contribution in [-0.2, 0) is 0 Å². The van der Waals surface area contributed by atoms with Gasteiger partial charge in [0, 0.05) is 37.6 Å². The molecule has 5 nitrogen and oxygen atoms in total. The van der Waals surface area contributed by atoms with E-state index in [-0.39, 0.29) is 5.91 Å². The molecule has 1 N–H and O–H groups in total. The number of hydrogen-bond donors (Lipinski definition) is 1. The molecule has 1 aromatic carbocycles. The van der Waals surface area contributed by atoms with Crippen LogP contribution in [0.4, 0.5) is 10.3 Å². The monoisotopic (exact) mass is 314 g/mol. The lowest BCUT2D eigenvalue weighted by Gasteiger charge is -2.31. The van der Waals surface area contributed by atoms with Gasteiger partial charge in [0.2, 0.25) is 5.95 Å². The van der Waals surface area contributed by atoms with E-state index < -0.39 is 5.82 Å². The second kappa shape index (κ2) is 7.17. The van der Waals surface area contributed by atoms with E-state index in [0.717, 1.165) is 31.9 Å². The maximum absolute atomic E-state index is 13.1. The number of piperidine rings is 1. The lowest BCUT2D eigenvalue weighted by molar-refractivity contribution is 0.0944. The van der Waals surface area contributed by atoms with Crippen LogP contribution in [0.3, 0.4) is 0 Å². The van der Waals surface area contributed by atoms with Gasteiger partial charge in [-0.2, -0.15) is 0 Å². The molecule has 1 aliphatic heterocycles. The topological polar surface area (TPSA) is 58.1 Å². The molecular formula is C17H19FN4O. The van der Waals surface area contributed by atoms with Crippen LogP contribution in [0, 0.1) is 11.7 Å². The van der Waals surface area contributed by atoms with Gasteiger partial charge in [-0.05, 0) is 43.0 Å². The molecule has 1 fully saturated rings. The number of carbonyl (C=O) groups is 1. The molecule has 120 valence electrons. The van der Waals surface area contributed by atoms with Crippen LogP contribution in [0.5, 0.6) is 0 Å². The Bertz CT molecular complexity index is 657. The fraction of sp³-hybridized carbons (Fsp3) is 0.353. The highest BCUT2D eigenvalue weighted by atomic mass is 19.1. The third-order valence-corrected chi connectivity index (χ3v) is 4.09. The molecular weight excluding hydrogens is 295 g/mol. The molecule has 23 heavy (non-hydrogen) atoms.